The van der Waals surface area contributed by atoms with Crippen LogP contribution in [0, 0.1) is 5.41 Å². The number of rotatable bonds is 9. The Hall–Kier alpha value is -2.88. The van der Waals surface area contributed by atoms with Gasteiger partial charge >= 0.3 is 11.9 Å². The fourth-order valence-corrected chi connectivity index (χ4v) is 2.92. The first-order valence-corrected chi connectivity index (χ1v) is 9.38. The summed E-state index contributed by atoms with van der Waals surface area (Å²) in [5, 5.41) is 9.75. The summed E-state index contributed by atoms with van der Waals surface area (Å²) in [7, 11) is 0. The number of hydrogen-bond donors (Lipinski definition) is 1. The molecule has 2 aromatic carbocycles. The van der Waals surface area contributed by atoms with Crippen molar-refractivity contribution < 1.29 is 19.4 Å². The van der Waals surface area contributed by atoms with Gasteiger partial charge in [-0.2, -0.15) is 0 Å². The van der Waals surface area contributed by atoms with E-state index in [4.69, 9.17) is 4.74 Å². The molecule has 4 heteroatoms. The summed E-state index contributed by atoms with van der Waals surface area (Å²) in [6, 6.07) is 17.2. The number of benzene rings is 2. The van der Waals surface area contributed by atoms with Crippen LogP contribution >= 0.6 is 0 Å². The molecule has 0 aliphatic rings. The number of ether oxygens (including phenoxy) is 1. The molecule has 0 saturated heterocycles. The van der Waals surface area contributed by atoms with Crippen LogP contribution in [0.1, 0.15) is 43.9 Å². The lowest BCUT2D eigenvalue weighted by Gasteiger charge is -2.31. The van der Waals surface area contributed by atoms with Gasteiger partial charge in [0.15, 0.2) is 5.41 Å². The highest BCUT2D eigenvalue weighted by Crippen LogP contribution is 2.29. The molecule has 28 heavy (non-hydrogen) atoms. The molecule has 0 amide bonds. The summed E-state index contributed by atoms with van der Waals surface area (Å²) in [6.07, 6.45) is 3.12. The third kappa shape index (κ3) is 5.56. The lowest BCUT2D eigenvalue weighted by molar-refractivity contribution is -0.177. The van der Waals surface area contributed by atoms with Gasteiger partial charge < -0.3 is 9.84 Å². The van der Waals surface area contributed by atoms with Crippen LogP contribution in [0.25, 0.3) is 6.08 Å². The van der Waals surface area contributed by atoms with E-state index in [9.17, 15) is 14.7 Å². The summed E-state index contributed by atoms with van der Waals surface area (Å²) in [5.41, 5.74) is 0.422. The lowest BCUT2D eigenvalue weighted by Crippen LogP contribution is -2.44. The smallest absolute Gasteiger partial charge is 0.324 e. The van der Waals surface area contributed by atoms with E-state index in [2.05, 4.69) is 6.58 Å². The van der Waals surface area contributed by atoms with Crippen molar-refractivity contribution in [3.8, 4) is 0 Å². The number of carboxylic acid groups (broad SMARTS) is 1. The van der Waals surface area contributed by atoms with Crippen LogP contribution in [0.2, 0.25) is 0 Å². The van der Waals surface area contributed by atoms with Gasteiger partial charge in [0.2, 0.25) is 0 Å². The maximum absolute atomic E-state index is 12.8. The number of carbonyl (C=O) groups excluding carboxylic acids is 1. The number of aryl methyl sites for hydroxylation is 1. The molecule has 0 aliphatic carbocycles. The maximum atomic E-state index is 12.8. The fourth-order valence-electron chi connectivity index (χ4n) is 2.92. The van der Waals surface area contributed by atoms with Crippen LogP contribution in [0.3, 0.4) is 0 Å². The Morgan fingerprint density at radius 1 is 1.00 bits per heavy atom. The molecule has 0 radical (unpaired) electrons. The number of hydrogen-bond acceptors (Lipinski definition) is 3. The Balaban J connectivity index is 2.09. The molecule has 1 unspecified atom stereocenters. The number of carboxylic acids is 1. The van der Waals surface area contributed by atoms with Crippen molar-refractivity contribution in [2.24, 2.45) is 5.41 Å². The monoisotopic (exact) mass is 380 g/mol. The zero-order valence-corrected chi connectivity index (χ0v) is 16.8. The summed E-state index contributed by atoms with van der Waals surface area (Å²) < 4.78 is 5.67. The molecule has 1 atom stereocenters. The van der Waals surface area contributed by atoms with Gasteiger partial charge in [-0.3, -0.25) is 9.59 Å². The third-order valence-electron chi connectivity index (χ3n) is 4.92. The van der Waals surface area contributed by atoms with E-state index in [0.717, 1.165) is 23.1 Å². The van der Waals surface area contributed by atoms with E-state index in [1.54, 1.807) is 6.08 Å². The molecule has 0 spiro atoms. The molecule has 0 aromatic heterocycles. The molecule has 0 fully saturated rings. The van der Waals surface area contributed by atoms with Crippen LogP contribution in [-0.4, -0.2) is 22.6 Å². The third-order valence-corrected chi connectivity index (χ3v) is 4.92. The zero-order chi connectivity index (χ0) is 20.8. The normalized spacial score (nSPS) is 13.4. The maximum Gasteiger partial charge on any atom is 0.324 e. The minimum Gasteiger partial charge on any atom is -0.480 e. The number of aliphatic carboxylic acids is 1. The minimum atomic E-state index is -1.65. The van der Waals surface area contributed by atoms with Crippen molar-refractivity contribution in [2.75, 3.05) is 0 Å². The number of esters is 1. The van der Waals surface area contributed by atoms with Gasteiger partial charge in [0, 0.05) is 0 Å². The second kappa shape index (κ2) is 8.87. The first-order valence-electron chi connectivity index (χ1n) is 9.38. The topological polar surface area (TPSA) is 63.6 Å². The molecule has 148 valence electrons. The van der Waals surface area contributed by atoms with Gasteiger partial charge in [-0.05, 0) is 56.7 Å². The highest BCUT2D eigenvalue weighted by Gasteiger charge is 2.45. The predicted octanol–water partition coefficient (Wildman–Crippen LogP) is 4.92. The van der Waals surface area contributed by atoms with Crippen molar-refractivity contribution in [2.45, 2.75) is 45.6 Å². The molecule has 1 N–H and O–H groups in total. The summed E-state index contributed by atoms with van der Waals surface area (Å²) in [4.78, 5) is 24.8. The molecule has 0 heterocycles. The lowest BCUT2D eigenvalue weighted by atomic mass is 9.83. The van der Waals surface area contributed by atoms with Crippen molar-refractivity contribution >= 4 is 18.0 Å². The van der Waals surface area contributed by atoms with Gasteiger partial charge in [0.05, 0.1) is 0 Å². The Morgan fingerprint density at radius 2 is 1.61 bits per heavy atom. The van der Waals surface area contributed by atoms with Crippen LogP contribution in [0.5, 0.6) is 0 Å². The quantitative estimate of drug-likeness (QED) is 0.495. The van der Waals surface area contributed by atoms with Gasteiger partial charge in [-0.1, -0.05) is 67.3 Å². The molecular weight excluding hydrogens is 352 g/mol. The molecule has 4 nitrogen and oxygen atoms in total. The molecule has 2 aromatic rings. The van der Waals surface area contributed by atoms with Gasteiger partial charge in [0.25, 0.3) is 0 Å². The van der Waals surface area contributed by atoms with Crippen LogP contribution in [-0.2, 0) is 27.2 Å². The molecule has 0 bridgehead atoms. The van der Waals surface area contributed by atoms with Gasteiger partial charge in [-0.15, -0.1) is 0 Å². The summed E-state index contributed by atoms with van der Waals surface area (Å²) in [6.45, 7) is 8.75. The molecule has 0 saturated carbocycles. The SMILES string of the molecule is C=Cc1ccc(CC(C)(C(=O)O)C(=O)OC(C)(C)CCc2ccccc2)cc1. The number of carbonyl (C=O) groups is 2. The average Bonchev–Trinajstić information content (AvgIpc) is 2.67. The van der Waals surface area contributed by atoms with Crippen LogP contribution in [0.4, 0.5) is 0 Å². The molecule has 0 aliphatic heterocycles. The molecule has 2 rings (SSSR count). The van der Waals surface area contributed by atoms with Gasteiger partial charge in [-0.25, -0.2) is 0 Å². The van der Waals surface area contributed by atoms with E-state index in [-0.39, 0.29) is 6.42 Å². The summed E-state index contributed by atoms with van der Waals surface area (Å²) >= 11 is 0. The van der Waals surface area contributed by atoms with E-state index in [0.29, 0.717) is 6.42 Å². The van der Waals surface area contributed by atoms with E-state index in [1.165, 1.54) is 6.92 Å². The Morgan fingerprint density at radius 3 is 2.14 bits per heavy atom. The van der Waals surface area contributed by atoms with E-state index < -0.39 is 23.0 Å². The fraction of sp³-hybridized carbons (Fsp3) is 0.333. The highest BCUT2D eigenvalue weighted by atomic mass is 16.6. The van der Waals surface area contributed by atoms with Crippen molar-refractivity contribution in [1.82, 2.24) is 0 Å². The van der Waals surface area contributed by atoms with Crippen molar-refractivity contribution in [3.05, 3.63) is 77.9 Å². The Labute approximate surface area is 166 Å². The first kappa shape index (κ1) is 21.4. The second-order valence-corrected chi connectivity index (χ2v) is 7.89. The standard InChI is InChI=1S/C24H28O4/c1-5-18-11-13-20(14-12-18)17-24(4,21(25)26)22(27)28-23(2,3)16-15-19-9-7-6-8-10-19/h5-14H,1,15-17H2,2-4H3,(H,25,26). The average molecular weight is 380 g/mol. The predicted molar refractivity (Wildman–Crippen MR) is 111 cm³/mol. The summed E-state index contributed by atoms with van der Waals surface area (Å²) in [5.74, 6) is -1.91. The van der Waals surface area contributed by atoms with Crippen LogP contribution in [0.15, 0.2) is 61.2 Å². The molecular formula is C24H28O4. The van der Waals surface area contributed by atoms with Crippen molar-refractivity contribution in [3.63, 3.8) is 0 Å². The van der Waals surface area contributed by atoms with E-state index >= 15 is 0 Å². The highest BCUT2D eigenvalue weighted by molar-refractivity contribution is 5.99. The zero-order valence-electron chi connectivity index (χ0n) is 16.8. The van der Waals surface area contributed by atoms with Gasteiger partial charge in [0.1, 0.15) is 5.60 Å². The van der Waals surface area contributed by atoms with Crippen LogP contribution < -0.4 is 0 Å². The minimum absolute atomic E-state index is 0.0629. The first-order chi connectivity index (χ1) is 13.2. The Kier molecular flexibility index (Phi) is 6.79. The van der Waals surface area contributed by atoms with Crippen molar-refractivity contribution in [1.29, 1.82) is 0 Å². The second-order valence-electron chi connectivity index (χ2n) is 7.89. The Bertz CT molecular complexity index is 821. The van der Waals surface area contributed by atoms with E-state index in [1.807, 2.05) is 68.4 Å². The largest absolute Gasteiger partial charge is 0.480 e.